The maximum absolute atomic E-state index is 11.7. The van der Waals surface area contributed by atoms with Crippen molar-refractivity contribution >= 4 is 29.1 Å². The predicted octanol–water partition coefficient (Wildman–Crippen LogP) is -0.0236. The van der Waals surface area contributed by atoms with E-state index in [1.54, 1.807) is 13.8 Å². The smallest absolute Gasteiger partial charge is 0.328 e. The highest BCUT2D eigenvalue weighted by Crippen LogP contribution is 2.15. The van der Waals surface area contributed by atoms with Crippen LogP contribution in [0.4, 0.5) is 0 Å². The lowest BCUT2D eigenvalue weighted by Crippen LogP contribution is -2.49. The fourth-order valence-corrected chi connectivity index (χ4v) is 0.817. The molecule has 0 aromatic carbocycles. The van der Waals surface area contributed by atoms with Crippen molar-refractivity contribution in [2.24, 2.45) is 11.1 Å². The van der Waals surface area contributed by atoms with Gasteiger partial charge in [-0.05, 0) is 20.8 Å². The molecule has 0 saturated heterocycles. The van der Waals surface area contributed by atoms with Gasteiger partial charge in [0.1, 0.15) is 6.04 Å². The first-order valence-corrected chi connectivity index (χ1v) is 4.83. The number of ether oxygens (including phenoxy) is 1. The molecule has 1 atom stereocenters. The molecule has 0 rings (SSSR count). The van der Waals surface area contributed by atoms with Crippen molar-refractivity contribution < 1.29 is 14.3 Å². The Hall–Kier alpha value is -1.17. The molecular weight excluding hydrogens is 216 g/mol. The average Bonchev–Trinajstić information content (AvgIpc) is 2.15. The zero-order chi connectivity index (χ0) is 12.2. The minimum absolute atomic E-state index is 0.0806. The number of hydrogen-bond acceptors (Lipinski definition) is 4. The van der Waals surface area contributed by atoms with Crippen LogP contribution in [0.2, 0.25) is 0 Å². The van der Waals surface area contributed by atoms with E-state index in [0.29, 0.717) is 0 Å². The van der Waals surface area contributed by atoms with Crippen molar-refractivity contribution in [2.45, 2.75) is 26.8 Å². The van der Waals surface area contributed by atoms with E-state index in [9.17, 15) is 9.59 Å². The SMILES string of the molecule is COC(=O)C(C)NC(=O)C(C)(C)C(N)=S. The molecule has 15 heavy (non-hydrogen) atoms. The van der Waals surface area contributed by atoms with Crippen LogP contribution in [-0.4, -0.2) is 30.0 Å². The third-order valence-corrected chi connectivity index (χ3v) is 2.60. The molecule has 0 aliphatic rings. The van der Waals surface area contributed by atoms with E-state index in [1.807, 2.05) is 0 Å². The summed E-state index contributed by atoms with van der Waals surface area (Å²) < 4.78 is 4.47. The van der Waals surface area contributed by atoms with Crippen LogP contribution in [-0.2, 0) is 14.3 Å². The number of amides is 1. The van der Waals surface area contributed by atoms with Gasteiger partial charge in [-0.25, -0.2) is 4.79 Å². The van der Waals surface area contributed by atoms with E-state index in [1.165, 1.54) is 14.0 Å². The summed E-state index contributed by atoms with van der Waals surface area (Å²) in [7, 11) is 1.25. The highest BCUT2D eigenvalue weighted by molar-refractivity contribution is 7.80. The van der Waals surface area contributed by atoms with Gasteiger partial charge in [-0.15, -0.1) is 0 Å². The number of nitrogens with one attached hydrogen (secondary N) is 1. The average molecular weight is 232 g/mol. The maximum Gasteiger partial charge on any atom is 0.328 e. The fourth-order valence-electron chi connectivity index (χ4n) is 0.725. The van der Waals surface area contributed by atoms with Gasteiger partial charge >= 0.3 is 5.97 Å². The number of carbonyl (C=O) groups is 2. The molecule has 1 amide bonds. The van der Waals surface area contributed by atoms with Gasteiger partial charge in [0.2, 0.25) is 5.91 Å². The van der Waals surface area contributed by atoms with Crippen LogP contribution in [0.3, 0.4) is 0 Å². The Morgan fingerprint density at radius 3 is 2.27 bits per heavy atom. The largest absolute Gasteiger partial charge is 0.467 e. The number of thiocarbonyl (C=S) groups is 1. The van der Waals surface area contributed by atoms with Gasteiger partial charge in [0.15, 0.2) is 0 Å². The van der Waals surface area contributed by atoms with Gasteiger partial charge in [-0.3, -0.25) is 4.79 Å². The lowest BCUT2D eigenvalue weighted by Gasteiger charge is -2.23. The molecule has 6 heteroatoms. The van der Waals surface area contributed by atoms with Crippen LogP contribution in [0.1, 0.15) is 20.8 Å². The monoisotopic (exact) mass is 232 g/mol. The lowest BCUT2D eigenvalue weighted by molar-refractivity contribution is -0.145. The van der Waals surface area contributed by atoms with Crippen molar-refractivity contribution in [3.05, 3.63) is 0 Å². The lowest BCUT2D eigenvalue weighted by atomic mass is 9.92. The first-order chi connectivity index (χ1) is 6.73. The minimum atomic E-state index is -0.975. The molecule has 3 N–H and O–H groups in total. The number of esters is 1. The van der Waals surface area contributed by atoms with Crippen molar-refractivity contribution in [1.82, 2.24) is 5.32 Å². The molecule has 0 spiro atoms. The molecule has 0 aliphatic carbocycles. The number of methoxy groups -OCH3 is 1. The van der Waals surface area contributed by atoms with Crippen molar-refractivity contribution in [3.63, 3.8) is 0 Å². The third kappa shape index (κ3) is 3.47. The van der Waals surface area contributed by atoms with Crippen LogP contribution >= 0.6 is 12.2 Å². The van der Waals surface area contributed by atoms with E-state index in [4.69, 9.17) is 18.0 Å². The van der Waals surface area contributed by atoms with Gasteiger partial charge < -0.3 is 15.8 Å². The van der Waals surface area contributed by atoms with Crippen LogP contribution in [0.15, 0.2) is 0 Å². The van der Waals surface area contributed by atoms with Crippen molar-refractivity contribution in [3.8, 4) is 0 Å². The quantitative estimate of drug-likeness (QED) is 0.526. The highest BCUT2D eigenvalue weighted by atomic mass is 32.1. The molecule has 0 heterocycles. The molecule has 5 nitrogen and oxygen atoms in total. The van der Waals surface area contributed by atoms with E-state index in [-0.39, 0.29) is 4.99 Å². The molecule has 1 unspecified atom stereocenters. The summed E-state index contributed by atoms with van der Waals surface area (Å²) in [6, 6.07) is -0.712. The van der Waals surface area contributed by atoms with Gasteiger partial charge in [-0.2, -0.15) is 0 Å². The van der Waals surface area contributed by atoms with Crippen LogP contribution in [0.5, 0.6) is 0 Å². The summed E-state index contributed by atoms with van der Waals surface area (Å²) in [5.41, 5.74) is 4.44. The van der Waals surface area contributed by atoms with Crippen LogP contribution in [0, 0.1) is 5.41 Å². The van der Waals surface area contributed by atoms with E-state index < -0.39 is 23.3 Å². The number of nitrogens with two attached hydrogens (primary N) is 1. The van der Waals surface area contributed by atoms with Gasteiger partial charge in [-0.1, -0.05) is 12.2 Å². The maximum atomic E-state index is 11.7. The summed E-state index contributed by atoms with van der Waals surface area (Å²) >= 11 is 4.76. The number of carbonyl (C=O) groups excluding carboxylic acids is 2. The fraction of sp³-hybridized carbons (Fsp3) is 0.667. The third-order valence-electron chi connectivity index (χ3n) is 2.09. The van der Waals surface area contributed by atoms with Gasteiger partial charge in [0.25, 0.3) is 0 Å². The van der Waals surface area contributed by atoms with Crippen LogP contribution in [0.25, 0.3) is 0 Å². The summed E-state index contributed by atoms with van der Waals surface area (Å²) in [4.78, 5) is 22.8. The molecule has 0 aromatic heterocycles. The zero-order valence-corrected chi connectivity index (χ0v) is 10.1. The second-order valence-electron chi connectivity index (χ2n) is 3.71. The highest BCUT2D eigenvalue weighted by Gasteiger charge is 2.32. The van der Waals surface area contributed by atoms with E-state index in [0.717, 1.165) is 0 Å². The summed E-state index contributed by atoms with van der Waals surface area (Å²) in [6.07, 6.45) is 0. The Kier molecular flexibility index (Phi) is 4.67. The molecule has 0 saturated carbocycles. The summed E-state index contributed by atoms with van der Waals surface area (Å²) in [5.74, 6) is -0.907. The number of rotatable bonds is 4. The van der Waals surface area contributed by atoms with E-state index in [2.05, 4.69) is 10.1 Å². The molecule has 0 radical (unpaired) electrons. The van der Waals surface area contributed by atoms with Crippen LogP contribution < -0.4 is 11.1 Å². The molecular formula is C9H16N2O3S. The Morgan fingerprint density at radius 1 is 1.47 bits per heavy atom. The Balaban J connectivity index is 4.50. The second-order valence-corrected chi connectivity index (χ2v) is 4.15. The Bertz CT molecular complexity index is 289. The molecule has 0 bridgehead atoms. The van der Waals surface area contributed by atoms with Crippen molar-refractivity contribution in [2.75, 3.05) is 7.11 Å². The molecule has 0 aromatic rings. The Morgan fingerprint density at radius 2 is 1.93 bits per heavy atom. The zero-order valence-electron chi connectivity index (χ0n) is 9.29. The van der Waals surface area contributed by atoms with E-state index >= 15 is 0 Å². The first-order valence-electron chi connectivity index (χ1n) is 4.42. The predicted molar refractivity (Wildman–Crippen MR) is 60.2 cm³/mol. The first kappa shape index (κ1) is 13.8. The van der Waals surface area contributed by atoms with Gasteiger partial charge in [0, 0.05) is 0 Å². The second kappa shape index (κ2) is 5.06. The standard InChI is InChI=1S/C9H16N2O3S/c1-5(6(12)14-4)11-8(13)9(2,3)7(10)15/h5H,1-4H3,(H2,10,15)(H,11,13). The minimum Gasteiger partial charge on any atom is -0.467 e. The summed E-state index contributed by atoms with van der Waals surface area (Å²) in [5, 5.41) is 2.47. The molecule has 0 fully saturated rings. The summed E-state index contributed by atoms with van der Waals surface area (Å²) in [6.45, 7) is 4.71. The normalized spacial score (nSPS) is 12.8. The van der Waals surface area contributed by atoms with Crippen molar-refractivity contribution in [1.29, 1.82) is 0 Å². The topological polar surface area (TPSA) is 81.4 Å². The van der Waals surface area contributed by atoms with Gasteiger partial charge in [0.05, 0.1) is 17.5 Å². The Labute approximate surface area is 94.3 Å². The number of hydrogen-bond donors (Lipinski definition) is 2. The molecule has 0 aliphatic heterocycles. The molecule has 86 valence electrons.